The summed E-state index contributed by atoms with van der Waals surface area (Å²) in [7, 11) is -0.381. The molecule has 2 heterocycles. The molecule has 0 amide bonds. The van der Waals surface area contributed by atoms with Crippen LogP contribution < -0.4 is 5.46 Å². The molecule has 1 aromatic heterocycles. The van der Waals surface area contributed by atoms with E-state index in [9.17, 15) is 0 Å². The molecule has 168 valence electrons. The average molecular weight is 445 g/mol. The van der Waals surface area contributed by atoms with Crippen LogP contribution in [0.5, 0.6) is 0 Å². The first-order valence-electron chi connectivity index (χ1n) is 11.9. The van der Waals surface area contributed by atoms with Crippen molar-refractivity contribution in [1.82, 2.24) is 4.57 Å². The van der Waals surface area contributed by atoms with E-state index in [1.165, 1.54) is 27.2 Å². The Morgan fingerprint density at radius 1 is 0.676 bits per heavy atom. The fraction of sp³-hybridized carbons (Fsp3) is 0.200. The molecule has 0 aliphatic carbocycles. The molecule has 1 saturated heterocycles. The summed E-state index contributed by atoms with van der Waals surface area (Å²) in [5, 5.41) is 3.71. The van der Waals surface area contributed by atoms with Crippen LogP contribution in [0.3, 0.4) is 0 Å². The number of hydrogen-bond donors (Lipinski definition) is 0. The Morgan fingerprint density at radius 3 is 2.03 bits per heavy atom. The van der Waals surface area contributed by atoms with Crippen LogP contribution in [0, 0.1) is 0 Å². The van der Waals surface area contributed by atoms with Crippen molar-refractivity contribution in [2.24, 2.45) is 0 Å². The zero-order valence-corrected chi connectivity index (χ0v) is 20.1. The van der Waals surface area contributed by atoms with Gasteiger partial charge < -0.3 is 13.9 Å². The molecular formula is C30H28BNO2. The van der Waals surface area contributed by atoms with Crippen LogP contribution in [0.2, 0.25) is 0 Å². The van der Waals surface area contributed by atoms with Crippen molar-refractivity contribution >= 4 is 34.3 Å². The Bertz CT molecular complexity index is 1500. The van der Waals surface area contributed by atoms with Gasteiger partial charge in [0.15, 0.2) is 0 Å². The van der Waals surface area contributed by atoms with Gasteiger partial charge >= 0.3 is 7.12 Å². The third-order valence-corrected chi connectivity index (χ3v) is 7.43. The van der Waals surface area contributed by atoms with Gasteiger partial charge in [-0.05, 0) is 73.8 Å². The summed E-state index contributed by atoms with van der Waals surface area (Å²) in [4.78, 5) is 0. The highest BCUT2D eigenvalue weighted by atomic mass is 16.7. The van der Waals surface area contributed by atoms with Crippen molar-refractivity contribution in [3.8, 4) is 16.8 Å². The van der Waals surface area contributed by atoms with Gasteiger partial charge in [0.2, 0.25) is 0 Å². The Labute approximate surface area is 201 Å². The van der Waals surface area contributed by atoms with Crippen molar-refractivity contribution in [3.05, 3.63) is 97.2 Å². The van der Waals surface area contributed by atoms with E-state index in [0.29, 0.717) is 0 Å². The van der Waals surface area contributed by atoms with Crippen LogP contribution >= 0.6 is 0 Å². The fourth-order valence-electron chi connectivity index (χ4n) is 4.78. The summed E-state index contributed by atoms with van der Waals surface area (Å²) < 4.78 is 15.0. The second-order valence-electron chi connectivity index (χ2n) is 10.2. The second kappa shape index (κ2) is 7.59. The van der Waals surface area contributed by atoms with Gasteiger partial charge in [0.1, 0.15) is 0 Å². The first-order chi connectivity index (χ1) is 16.3. The van der Waals surface area contributed by atoms with Gasteiger partial charge in [0, 0.05) is 22.8 Å². The van der Waals surface area contributed by atoms with E-state index < -0.39 is 0 Å². The van der Waals surface area contributed by atoms with Crippen LogP contribution in [-0.4, -0.2) is 22.9 Å². The predicted octanol–water partition coefficient (Wildman–Crippen LogP) is 6.75. The van der Waals surface area contributed by atoms with E-state index in [2.05, 4.69) is 129 Å². The summed E-state index contributed by atoms with van der Waals surface area (Å²) >= 11 is 0. The predicted molar refractivity (Wildman–Crippen MR) is 142 cm³/mol. The zero-order valence-electron chi connectivity index (χ0n) is 20.1. The number of para-hydroxylation sites is 1. The fourth-order valence-corrected chi connectivity index (χ4v) is 4.78. The maximum atomic E-state index is 6.33. The van der Waals surface area contributed by atoms with E-state index >= 15 is 0 Å². The Kier molecular flexibility index (Phi) is 4.74. The van der Waals surface area contributed by atoms with Gasteiger partial charge in [-0.3, -0.25) is 0 Å². The van der Waals surface area contributed by atoms with Crippen molar-refractivity contribution in [2.45, 2.75) is 38.9 Å². The number of rotatable bonds is 3. The van der Waals surface area contributed by atoms with Crippen molar-refractivity contribution < 1.29 is 9.31 Å². The summed E-state index contributed by atoms with van der Waals surface area (Å²) in [5.41, 5.74) is 5.01. The van der Waals surface area contributed by atoms with Gasteiger partial charge in [0.25, 0.3) is 0 Å². The third-order valence-electron chi connectivity index (χ3n) is 7.43. The molecule has 0 unspecified atom stereocenters. The first kappa shape index (κ1) is 21.2. The van der Waals surface area contributed by atoms with Gasteiger partial charge in [-0.25, -0.2) is 0 Å². The molecule has 0 atom stereocenters. The zero-order chi connectivity index (χ0) is 23.5. The molecule has 5 aromatic rings. The number of nitrogens with zero attached hydrogens (tertiary/aromatic N) is 1. The summed E-state index contributed by atoms with van der Waals surface area (Å²) in [6, 6.07) is 32.3. The van der Waals surface area contributed by atoms with E-state index in [4.69, 9.17) is 9.31 Å². The highest BCUT2D eigenvalue weighted by molar-refractivity contribution is 6.62. The number of benzene rings is 4. The van der Waals surface area contributed by atoms with E-state index in [0.717, 1.165) is 16.7 Å². The monoisotopic (exact) mass is 445 g/mol. The van der Waals surface area contributed by atoms with Gasteiger partial charge in [-0.2, -0.15) is 0 Å². The molecule has 6 rings (SSSR count). The lowest BCUT2D eigenvalue weighted by molar-refractivity contribution is 0.00578. The minimum Gasteiger partial charge on any atom is -0.399 e. The first-order valence-corrected chi connectivity index (χ1v) is 11.9. The topological polar surface area (TPSA) is 23.4 Å². The summed E-state index contributed by atoms with van der Waals surface area (Å²) in [5.74, 6) is 0. The molecule has 4 heteroatoms. The van der Waals surface area contributed by atoms with Crippen molar-refractivity contribution in [2.75, 3.05) is 0 Å². The maximum Gasteiger partial charge on any atom is 0.494 e. The van der Waals surface area contributed by atoms with Crippen molar-refractivity contribution in [1.29, 1.82) is 0 Å². The summed E-state index contributed by atoms with van der Waals surface area (Å²) in [6.45, 7) is 8.37. The highest BCUT2D eigenvalue weighted by Crippen LogP contribution is 2.38. The van der Waals surface area contributed by atoms with Gasteiger partial charge in [-0.1, -0.05) is 66.7 Å². The quantitative estimate of drug-likeness (QED) is 0.287. The van der Waals surface area contributed by atoms with E-state index in [-0.39, 0.29) is 18.3 Å². The van der Waals surface area contributed by atoms with E-state index in [1.807, 2.05) is 0 Å². The minimum absolute atomic E-state index is 0.365. The Morgan fingerprint density at radius 2 is 1.32 bits per heavy atom. The number of hydrogen-bond acceptors (Lipinski definition) is 2. The molecule has 3 nitrogen and oxygen atoms in total. The normalized spacial score (nSPS) is 17.0. The Balaban J connectivity index is 1.53. The van der Waals surface area contributed by atoms with Crippen molar-refractivity contribution in [3.63, 3.8) is 0 Å². The lowest BCUT2D eigenvalue weighted by atomic mass is 9.78. The molecule has 4 aromatic carbocycles. The number of aromatic nitrogens is 1. The Hall–Kier alpha value is -3.34. The molecule has 34 heavy (non-hydrogen) atoms. The molecule has 1 aliphatic rings. The van der Waals surface area contributed by atoms with Crippen LogP contribution in [0.4, 0.5) is 0 Å². The molecule has 0 N–H and O–H groups in total. The third kappa shape index (κ3) is 3.37. The smallest absolute Gasteiger partial charge is 0.399 e. The number of fused-ring (bicyclic) bond motifs is 2. The molecule has 0 radical (unpaired) electrons. The highest BCUT2D eigenvalue weighted by Gasteiger charge is 2.51. The maximum absolute atomic E-state index is 6.33. The molecule has 0 spiro atoms. The van der Waals surface area contributed by atoms with Crippen LogP contribution in [-0.2, 0) is 9.31 Å². The minimum atomic E-state index is -0.381. The van der Waals surface area contributed by atoms with Gasteiger partial charge in [0.05, 0.1) is 16.7 Å². The van der Waals surface area contributed by atoms with Gasteiger partial charge in [-0.15, -0.1) is 0 Å². The molecule has 0 bridgehead atoms. The van der Waals surface area contributed by atoms with E-state index in [1.54, 1.807) is 0 Å². The standard InChI is InChI=1S/C30H28BNO2/c1-29(2)30(3,4)34-31(33-29)24-14-10-13-23(17-24)27-20-32(25-15-6-5-7-16-25)28-19-22-12-9-8-11-21(22)18-26(27)28/h5-20H,1-4H3. The molecule has 1 fully saturated rings. The lowest BCUT2D eigenvalue weighted by Gasteiger charge is -2.32. The largest absolute Gasteiger partial charge is 0.494 e. The average Bonchev–Trinajstić information content (AvgIpc) is 3.31. The molecule has 0 saturated carbocycles. The van der Waals surface area contributed by atoms with Crippen LogP contribution in [0.1, 0.15) is 27.7 Å². The molecular weight excluding hydrogens is 417 g/mol. The molecule has 1 aliphatic heterocycles. The summed E-state index contributed by atoms with van der Waals surface area (Å²) in [6.07, 6.45) is 2.25. The van der Waals surface area contributed by atoms with Crippen LogP contribution in [0.15, 0.2) is 97.2 Å². The second-order valence-corrected chi connectivity index (χ2v) is 10.2. The SMILES string of the molecule is CC1(C)OB(c2cccc(-c3cn(-c4ccccc4)c4cc5ccccc5cc34)c2)OC1(C)C. The van der Waals surface area contributed by atoms with Crippen LogP contribution in [0.25, 0.3) is 38.5 Å². The lowest BCUT2D eigenvalue weighted by Crippen LogP contribution is -2.41.